The van der Waals surface area contributed by atoms with Crippen molar-refractivity contribution in [3.8, 4) is 0 Å². The molecule has 20 heavy (non-hydrogen) atoms. The van der Waals surface area contributed by atoms with Gasteiger partial charge < -0.3 is 15.3 Å². The summed E-state index contributed by atoms with van der Waals surface area (Å²) in [6.07, 6.45) is 2.32. The van der Waals surface area contributed by atoms with Crippen molar-refractivity contribution in [2.24, 2.45) is 5.41 Å². The minimum Gasteiger partial charge on any atom is -0.481 e. The maximum absolute atomic E-state index is 12.1. The summed E-state index contributed by atoms with van der Waals surface area (Å²) in [5.74, 6) is -0.210. The number of carbonyl (C=O) groups is 2. The molecule has 2 amide bonds. The maximum Gasteiger partial charge on any atom is 0.317 e. The molecule has 0 spiro atoms. The lowest BCUT2D eigenvalue weighted by Crippen LogP contribution is -2.49. The van der Waals surface area contributed by atoms with Crippen molar-refractivity contribution < 1.29 is 14.7 Å². The molecule has 1 saturated heterocycles. The molecule has 8 nitrogen and oxygen atoms in total. The van der Waals surface area contributed by atoms with Crippen LogP contribution in [0.1, 0.15) is 38.6 Å². The van der Waals surface area contributed by atoms with E-state index < -0.39 is 11.4 Å². The Morgan fingerprint density at radius 1 is 1.50 bits per heavy atom. The summed E-state index contributed by atoms with van der Waals surface area (Å²) in [6, 6.07) is -0.473. The normalized spacial score (nSPS) is 19.4. The average Bonchev–Trinajstić information content (AvgIpc) is 2.93. The Balaban J connectivity index is 1.88. The third-order valence-electron chi connectivity index (χ3n) is 3.85. The van der Waals surface area contributed by atoms with E-state index in [0.717, 1.165) is 0 Å². The Kier molecular flexibility index (Phi) is 3.91. The largest absolute Gasteiger partial charge is 0.481 e. The Hall–Kier alpha value is -2.12. The molecular formula is C12H19N5O3. The predicted octanol–water partition coefficient (Wildman–Crippen LogP) is 0.762. The molecule has 3 N–H and O–H groups in total. The summed E-state index contributed by atoms with van der Waals surface area (Å²) in [5.41, 5.74) is -0.729. The first-order chi connectivity index (χ1) is 9.42. The molecule has 0 aliphatic carbocycles. The number of aromatic nitrogens is 3. The highest BCUT2D eigenvalue weighted by Gasteiger charge is 2.38. The number of carbonyl (C=O) groups excluding carboxylic acids is 1. The van der Waals surface area contributed by atoms with Gasteiger partial charge in [0.1, 0.15) is 12.2 Å². The number of hydrogen-bond donors (Lipinski definition) is 3. The predicted molar refractivity (Wildman–Crippen MR) is 69.9 cm³/mol. The van der Waals surface area contributed by atoms with Crippen molar-refractivity contribution in [2.75, 3.05) is 13.1 Å². The van der Waals surface area contributed by atoms with Crippen LogP contribution in [0.25, 0.3) is 0 Å². The van der Waals surface area contributed by atoms with Crippen LogP contribution in [0.5, 0.6) is 0 Å². The maximum atomic E-state index is 12.1. The molecule has 1 aliphatic heterocycles. The highest BCUT2D eigenvalue weighted by Crippen LogP contribution is 2.31. The van der Waals surface area contributed by atoms with Crippen LogP contribution in [-0.4, -0.2) is 50.3 Å². The molecule has 1 aromatic rings. The quantitative estimate of drug-likeness (QED) is 0.757. The number of rotatable bonds is 3. The van der Waals surface area contributed by atoms with Crippen molar-refractivity contribution in [2.45, 2.75) is 32.7 Å². The van der Waals surface area contributed by atoms with Crippen molar-refractivity contribution >= 4 is 12.0 Å². The Morgan fingerprint density at radius 3 is 2.65 bits per heavy atom. The molecule has 1 aliphatic rings. The second-order valence-corrected chi connectivity index (χ2v) is 5.39. The van der Waals surface area contributed by atoms with Gasteiger partial charge in [0.15, 0.2) is 0 Å². The molecule has 1 atom stereocenters. The number of aromatic amines is 1. The number of amides is 2. The van der Waals surface area contributed by atoms with E-state index in [2.05, 4.69) is 20.5 Å². The number of hydrogen-bond acceptors (Lipinski definition) is 4. The molecule has 0 aromatic carbocycles. The van der Waals surface area contributed by atoms with E-state index in [9.17, 15) is 9.59 Å². The second-order valence-electron chi connectivity index (χ2n) is 5.39. The van der Waals surface area contributed by atoms with Crippen LogP contribution in [0.2, 0.25) is 0 Å². The fourth-order valence-electron chi connectivity index (χ4n) is 2.19. The summed E-state index contributed by atoms with van der Waals surface area (Å²) in [5, 5.41) is 18.4. The third-order valence-corrected chi connectivity index (χ3v) is 3.85. The number of likely N-dealkylation sites (tertiary alicyclic amines) is 1. The number of carboxylic acid groups (broad SMARTS) is 1. The molecular weight excluding hydrogens is 262 g/mol. The number of carboxylic acids is 1. The molecule has 8 heteroatoms. The van der Waals surface area contributed by atoms with Crippen molar-refractivity contribution in [1.29, 1.82) is 0 Å². The standard InChI is InChI=1S/C12H19N5O3/c1-8(9-13-7-14-16-9)15-11(20)17-5-3-12(2,4-6-17)10(18)19/h7-8H,3-6H2,1-2H3,(H,15,20)(H,18,19)(H,13,14,16). The van der Waals surface area contributed by atoms with E-state index in [1.165, 1.54) is 6.33 Å². The zero-order chi connectivity index (χ0) is 14.8. The second kappa shape index (κ2) is 5.48. The molecule has 2 rings (SSSR count). The van der Waals surface area contributed by atoms with E-state index in [4.69, 9.17) is 5.11 Å². The number of nitrogens with zero attached hydrogens (tertiary/aromatic N) is 3. The molecule has 110 valence electrons. The summed E-state index contributed by atoms with van der Waals surface area (Å²) in [7, 11) is 0. The Bertz CT molecular complexity index is 479. The van der Waals surface area contributed by atoms with E-state index in [1.54, 1.807) is 11.8 Å². The first kappa shape index (κ1) is 14.3. The van der Waals surface area contributed by atoms with Crippen molar-refractivity contribution in [1.82, 2.24) is 25.4 Å². The SMILES string of the molecule is CC(NC(=O)N1CCC(C)(C(=O)O)CC1)c1ncn[nH]1. The number of H-pyrrole nitrogens is 1. The highest BCUT2D eigenvalue weighted by molar-refractivity contribution is 5.77. The van der Waals surface area contributed by atoms with Gasteiger partial charge in [-0.15, -0.1) is 0 Å². The van der Waals surface area contributed by atoms with Gasteiger partial charge in [0, 0.05) is 13.1 Å². The van der Waals surface area contributed by atoms with Gasteiger partial charge >= 0.3 is 12.0 Å². The van der Waals surface area contributed by atoms with E-state index >= 15 is 0 Å². The van der Waals surface area contributed by atoms with Gasteiger partial charge in [-0.2, -0.15) is 5.10 Å². The average molecular weight is 281 g/mol. The van der Waals surface area contributed by atoms with Crippen molar-refractivity contribution in [3.05, 3.63) is 12.2 Å². The van der Waals surface area contributed by atoms with Crippen LogP contribution in [0.4, 0.5) is 4.79 Å². The lowest BCUT2D eigenvalue weighted by atomic mass is 9.80. The van der Waals surface area contributed by atoms with Gasteiger partial charge in [-0.3, -0.25) is 9.89 Å². The van der Waals surface area contributed by atoms with Crippen LogP contribution in [0.15, 0.2) is 6.33 Å². The first-order valence-corrected chi connectivity index (χ1v) is 6.56. The topological polar surface area (TPSA) is 111 Å². The van der Waals surface area contributed by atoms with Crippen molar-refractivity contribution in [3.63, 3.8) is 0 Å². The van der Waals surface area contributed by atoms with E-state index in [-0.39, 0.29) is 12.1 Å². The highest BCUT2D eigenvalue weighted by atomic mass is 16.4. The van der Waals surface area contributed by atoms with Crippen LogP contribution in [0, 0.1) is 5.41 Å². The van der Waals surface area contributed by atoms with Gasteiger partial charge in [0.2, 0.25) is 0 Å². The lowest BCUT2D eigenvalue weighted by molar-refractivity contribution is -0.150. The smallest absolute Gasteiger partial charge is 0.317 e. The molecule has 0 saturated carbocycles. The van der Waals surface area contributed by atoms with Crippen LogP contribution >= 0.6 is 0 Å². The number of piperidine rings is 1. The van der Waals surface area contributed by atoms with E-state index in [1.807, 2.05) is 6.92 Å². The minimum absolute atomic E-state index is 0.207. The summed E-state index contributed by atoms with van der Waals surface area (Å²) in [6.45, 7) is 4.42. The zero-order valence-corrected chi connectivity index (χ0v) is 11.6. The van der Waals surface area contributed by atoms with Gasteiger partial charge in [-0.05, 0) is 26.7 Å². The van der Waals surface area contributed by atoms with Gasteiger partial charge in [-0.25, -0.2) is 9.78 Å². The van der Waals surface area contributed by atoms with Crippen LogP contribution in [0.3, 0.4) is 0 Å². The number of aliphatic carboxylic acids is 1. The zero-order valence-electron chi connectivity index (χ0n) is 11.6. The molecule has 0 bridgehead atoms. The lowest BCUT2D eigenvalue weighted by Gasteiger charge is -2.36. The Labute approximate surface area is 116 Å². The van der Waals surface area contributed by atoms with Gasteiger partial charge in [0.25, 0.3) is 0 Å². The summed E-state index contributed by atoms with van der Waals surface area (Å²) >= 11 is 0. The minimum atomic E-state index is -0.799. The van der Waals surface area contributed by atoms with Crippen LogP contribution in [-0.2, 0) is 4.79 Å². The molecule has 1 fully saturated rings. The molecule has 2 heterocycles. The third kappa shape index (κ3) is 2.89. The van der Waals surface area contributed by atoms with Gasteiger partial charge in [-0.1, -0.05) is 0 Å². The number of nitrogens with one attached hydrogen (secondary N) is 2. The first-order valence-electron chi connectivity index (χ1n) is 6.56. The monoisotopic (exact) mass is 281 g/mol. The summed E-state index contributed by atoms with van der Waals surface area (Å²) < 4.78 is 0. The van der Waals surface area contributed by atoms with E-state index in [0.29, 0.717) is 31.8 Å². The number of urea groups is 1. The fraction of sp³-hybridized carbons (Fsp3) is 0.667. The van der Waals surface area contributed by atoms with Crippen LogP contribution < -0.4 is 5.32 Å². The summed E-state index contributed by atoms with van der Waals surface area (Å²) in [4.78, 5) is 28.9. The molecule has 0 radical (unpaired) electrons. The van der Waals surface area contributed by atoms with Gasteiger partial charge in [0.05, 0.1) is 11.5 Å². The molecule has 1 aromatic heterocycles. The fourth-order valence-corrected chi connectivity index (χ4v) is 2.19. The Morgan fingerprint density at radius 2 is 2.15 bits per heavy atom. The molecule has 1 unspecified atom stereocenters.